The summed E-state index contributed by atoms with van der Waals surface area (Å²) in [4.78, 5) is 42.3. The number of aromatic nitrogens is 2. The first-order chi connectivity index (χ1) is 16.6. The van der Waals surface area contributed by atoms with E-state index >= 15 is 0 Å². The maximum Gasteiger partial charge on any atom is 0.336 e. The molecule has 172 valence electrons. The number of hydrogen-bond acceptors (Lipinski definition) is 6. The summed E-state index contributed by atoms with van der Waals surface area (Å²) in [7, 11) is 0. The fourth-order valence-corrected chi connectivity index (χ4v) is 4.94. The van der Waals surface area contributed by atoms with Crippen LogP contribution in [0.1, 0.15) is 54.2 Å². The van der Waals surface area contributed by atoms with Gasteiger partial charge in [-0.25, -0.2) is 9.78 Å². The molecule has 0 atom stereocenters. The van der Waals surface area contributed by atoms with Crippen LogP contribution in [0.2, 0.25) is 0 Å². The quantitative estimate of drug-likeness (QED) is 0.322. The topological polar surface area (TPSA) is 91.4 Å². The van der Waals surface area contributed by atoms with Crippen LogP contribution < -0.4 is 11.2 Å². The Bertz CT molecular complexity index is 1560. The second-order valence-electron chi connectivity index (χ2n) is 9.17. The highest BCUT2D eigenvalue weighted by Crippen LogP contribution is 2.35. The second-order valence-corrected chi connectivity index (χ2v) is 9.17. The second kappa shape index (κ2) is 8.24. The molecule has 1 saturated carbocycles. The van der Waals surface area contributed by atoms with E-state index in [9.17, 15) is 14.4 Å². The van der Waals surface area contributed by atoms with E-state index in [2.05, 4.69) is 11.1 Å². The number of fused-ring (bicyclic) bond motifs is 3. The molecule has 0 bridgehead atoms. The van der Waals surface area contributed by atoms with Gasteiger partial charge < -0.3 is 9.15 Å². The number of carbonyl (C=O) groups excluding carboxylic acids is 1. The van der Waals surface area contributed by atoms with E-state index in [0.29, 0.717) is 34.3 Å². The standard InChI is InChI=1S/C27H24N2O5/c30-25(11-10-24-28-22-7-2-1-6-20(22)27(32)29(24)19-8-9-19)33-15-18-14-26(31)34-23-13-17-5-3-4-16(17)12-21(18)23/h1-2,6-7,12-14,19H,3-5,8-11,15H2. The minimum atomic E-state index is -0.453. The van der Waals surface area contributed by atoms with Gasteiger partial charge in [0.05, 0.1) is 17.3 Å². The molecule has 0 aliphatic heterocycles. The van der Waals surface area contributed by atoms with Gasteiger partial charge in [0, 0.05) is 29.5 Å². The van der Waals surface area contributed by atoms with Crippen LogP contribution in [-0.4, -0.2) is 15.5 Å². The van der Waals surface area contributed by atoms with Crippen molar-refractivity contribution in [2.45, 2.75) is 57.6 Å². The molecule has 2 aromatic heterocycles. The molecule has 7 heteroatoms. The zero-order chi connectivity index (χ0) is 23.2. The highest BCUT2D eigenvalue weighted by Gasteiger charge is 2.28. The average molecular weight is 456 g/mol. The summed E-state index contributed by atoms with van der Waals surface area (Å²) in [5, 5.41) is 1.41. The first kappa shape index (κ1) is 20.8. The van der Waals surface area contributed by atoms with E-state index in [1.165, 1.54) is 17.2 Å². The fourth-order valence-electron chi connectivity index (χ4n) is 4.94. The first-order valence-electron chi connectivity index (χ1n) is 11.8. The van der Waals surface area contributed by atoms with E-state index in [1.807, 2.05) is 24.3 Å². The van der Waals surface area contributed by atoms with Crippen LogP contribution in [0.5, 0.6) is 0 Å². The molecule has 2 aliphatic carbocycles. The number of hydrogen-bond donors (Lipinski definition) is 0. The molecule has 7 nitrogen and oxygen atoms in total. The minimum Gasteiger partial charge on any atom is -0.461 e. The van der Waals surface area contributed by atoms with Gasteiger partial charge in [0.25, 0.3) is 5.56 Å². The summed E-state index contributed by atoms with van der Waals surface area (Å²) < 4.78 is 12.7. The van der Waals surface area contributed by atoms with Crippen molar-refractivity contribution >= 4 is 27.8 Å². The Hall–Kier alpha value is -3.74. The number of benzene rings is 2. The number of para-hydroxylation sites is 1. The van der Waals surface area contributed by atoms with Crippen LogP contribution in [0, 0.1) is 0 Å². The van der Waals surface area contributed by atoms with Gasteiger partial charge in [-0.2, -0.15) is 0 Å². The van der Waals surface area contributed by atoms with Gasteiger partial charge in [-0.1, -0.05) is 12.1 Å². The molecule has 0 spiro atoms. The molecule has 0 N–H and O–H groups in total. The molecular formula is C27H24N2O5. The Labute approximate surface area is 195 Å². The maximum absolute atomic E-state index is 13.0. The molecule has 2 aromatic carbocycles. The highest BCUT2D eigenvalue weighted by atomic mass is 16.5. The van der Waals surface area contributed by atoms with Gasteiger partial charge in [0.1, 0.15) is 18.0 Å². The number of esters is 1. The monoisotopic (exact) mass is 456 g/mol. The van der Waals surface area contributed by atoms with Gasteiger partial charge in [-0.05, 0) is 67.5 Å². The Morgan fingerprint density at radius 3 is 2.68 bits per heavy atom. The summed E-state index contributed by atoms with van der Waals surface area (Å²) >= 11 is 0. The smallest absolute Gasteiger partial charge is 0.336 e. The fraction of sp³-hybridized carbons (Fsp3) is 0.333. The van der Waals surface area contributed by atoms with E-state index in [4.69, 9.17) is 9.15 Å². The molecule has 2 heterocycles. The molecule has 34 heavy (non-hydrogen) atoms. The van der Waals surface area contributed by atoms with Crippen molar-refractivity contribution in [1.29, 1.82) is 0 Å². The predicted octanol–water partition coefficient (Wildman–Crippen LogP) is 4.00. The zero-order valence-electron chi connectivity index (χ0n) is 18.7. The largest absolute Gasteiger partial charge is 0.461 e. The third kappa shape index (κ3) is 3.81. The number of carbonyl (C=O) groups is 1. The number of ether oxygens (including phenoxy) is 1. The lowest BCUT2D eigenvalue weighted by Crippen LogP contribution is -2.25. The third-order valence-electron chi connectivity index (χ3n) is 6.78. The van der Waals surface area contributed by atoms with Crippen molar-refractivity contribution in [1.82, 2.24) is 9.55 Å². The summed E-state index contributed by atoms with van der Waals surface area (Å²) in [6, 6.07) is 12.8. The molecular weight excluding hydrogens is 432 g/mol. The van der Waals surface area contributed by atoms with Crippen LogP contribution in [0.15, 0.2) is 56.5 Å². The van der Waals surface area contributed by atoms with Crippen LogP contribution >= 0.6 is 0 Å². The lowest BCUT2D eigenvalue weighted by atomic mass is 10.0. The summed E-state index contributed by atoms with van der Waals surface area (Å²) in [6.07, 6.45) is 5.41. The van der Waals surface area contributed by atoms with Gasteiger partial charge in [0.15, 0.2) is 0 Å². The van der Waals surface area contributed by atoms with Crippen molar-refractivity contribution in [2.24, 2.45) is 0 Å². The summed E-state index contributed by atoms with van der Waals surface area (Å²) in [5.74, 6) is 0.219. The molecule has 2 aliphatic rings. The van der Waals surface area contributed by atoms with E-state index in [0.717, 1.165) is 37.5 Å². The van der Waals surface area contributed by atoms with Crippen molar-refractivity contribution in [3.63, 3.8) is 0 Å². The highest BCUT2D eigenvalue weighted by molar-refractivity contribution is 5.82. The van der Waals surface area contributed by atoms with Crippen molar-refractivity contribution in [3.8, 4) is 0 Å². The number of rotatable bonds is 6. The third-order valence-corrected chi connectivity index (χ3v) is 6.78. The normalized spacial score (nSPS) is 15.1. The lowest BCUT2D eigenvalue weighted by molar-refractivity contribution is -0.144. The number of aryl methyl sites for hydroxylation is 3. The SMILES string of the molecule is O=C(CCc1nc2ccccc2c(=O)n1C1CC1)OCc1cc(=O)oc2cc3c(cc12)CCC3. The molecule has 0 unspecified atom stereocenters. The Morgan fingerprint density at radius 2 is 1.85 bits per heavy atom. The predicted molar refractivity (Wildman–Crippen MR) is 127 cm³/mol. The van der Waals surface area contributed by atoms with Crippen molar-refractivity contribution in [3.05, 3.63) is 85.8 Å². The summed E-state index contributed by atoms with van der Waals surface area (Å²) in [5.41, 5.74) is 3.80. The molecule has 0 saturated heterocycles. The molecule has 4 aromatic rings. The Kier molecular flexibility index (Phi) is 5.05. The Morgan fingerprint density at radius 1 is 1.06 bits per heavy atom. The number of nitrogens with zero attached hydrogens (tertiary/aromatic N) is 2. The van der Waals surface area contributed by atoms with Gasteiger partial charge in [-0.15, -0.1) is 0 Å². The molecule has 0 radical (unpaired) electrons. The van der Waals surface area contributed by atoms with E-state index in [1.54, 1.807) is 10.6 Å². The van der Waals surface area contributed by atoms with Gasteiger partial charge in [-0.3, -0.25) is 14.2 Å². The molecule has 6 rings (SSSR count). The first-order valence-corrected chi connectivity index (χ1v) is 11.8. The van der Waals surface area contributed by atoms with Crippen molar-refractivity contribution < 1.29 is 13.9 Å². The van der Waals surface area contributed by atoms with Gasteiger partial charge >= 0.3 is 11.6 Å². The Balaban J connectivity index is 1.20. The van der Waals surface area contributed by atoms with Crippen LogP contribution in [0.3, 0.4) is 0 Å². The zero-order valence-corrected chi connectivity index (χ0v) is 18.7. The minimum absolute atomic E-state index is 0.000297. The molecule has 0 amide bonds. The lowest BCUT2D eigenvalue weighted by Gasteiger charge is -2.13. The van der Waals surface area contributed by atoms with Crippen LogP contribution in [0.25, 0.3) is 21.9 Å². The van der Waals surface area contributed by atoms with E-state index in [-0.39, 0.29) is 24.6 Å². The van der Waals surface area contributed by atoms with Gasteiger partial charge in [0.2, 0.25) is 0 Å². The average Bonchev–Trinajstić information content (AvgIpc) is 3.56. The maximum atomic E-state index is 13.0. The molecule has 1 fully saturated rings. The van der Waals surface area contributed by atoms with E-state index < -0.39 is 11.6 Å². The van der Waals surface area contributed by atoms with Crippen LogP contribution in [0.4, 0.5) is 0 Å². The van der Waals surface area contributed by atoms with Crippen molar-refractivity contribution in [2.75, 3.05) is 0 Å². The van der Waals surface area contributed by atoms with Crippen LogP contribution in [-0.2, 0) is 35.4 Å². The summed E-state index contributed by atoms with van der Waals surface area (Å²) in [6.45, 7) is 0.000297.